The summed E-state index contributed by atoms with van der Waals surface area (Å²) in [4.78, 5) is 36.2. The van der Waals surface area contributed by atoms with Gasteiger partial charge in [0.05, 0.1) is 7.11 Å². The summed E-state index contributed by atoms with van der Waals surface area (Å²) in [6.45, 7) is 8.24. The molecule has 29 heavy (non-hydrogen) atoms. The first-order chi connectivity index (χ1) is 13.9. The van der Waals surface area contributed by atoms with Gasteiger partial charge in [0.1, 0.15) is 18.2 Å². The van der Waals surface area contributed by atoms with E-state index in [-0.39, 0.29) is 17.3 Å². The lowest BCUT2D eigenvalue weighted by atomic mass is 9.96. The lowest BCUT2D eigenvalue weighted by molar-refractivity contribution is -0.0980. The molecule has 1 aromatic heterocycles. The fourth-order valence-corrected chi connectivity index (χ4v) is 2.95. The number of hydrogen-bond donors (Lipinski definition) is 2. The van der Waals surface area contributed by atoms with Gasteiger partial charge in [-0.25, -0.2) is 9.78 Å². The number of nitrogens with one attached hydrogen (secondary N) is 1. The average molecular weight is 396 g/mol. The van der Waals surface area contributed by atoms with Crippen molar-refractivity contribution < 1.29 is 24.2 Å². The van der Waals surface area contributed by atoms with Gasteiger partial charge in [-0.15, -0.1) is 0 Å². The van der Waals surface area contributed by atoms with Crippen molar-refractivity contribution in [3.8, 4) is 16.9 Å². The molecule has 0 bridgehead atoms. The van der Waals surface area contributed by atoms with E-state index in [1.54, 1.807) is 31.4 Å². The van der Waals surface area contributed by atoms with Crippen molar-refractivity contribution in [3.05, 3.63) is 53.4 Å². The molecular formula is C22H24N2O5. The summed E-state index contributed by atoms with van der Waals surface area (Å²) in [7, 11) is 1.55. The van der Waals surface area contributed by atoms with E-state index in [9.17, 15) is 14.7 Å². The predicted molar refractivity (Wildman–Crippen MR) is 110 cm³/mol. The molecular weight excluding hydrogens is 372 g/mol. The van der Waals surface area contributed by atoms with Crippen LogP contribution in [-0.4, -0.2) is 42.4 Å². The van der Waals surface area contributed by atoms with E-state index < -0.39 is 5.97 Å². The maximum atomic E-state index is 12.3. The van der Waals surface area contributed by atoms with Gasteiger partial charge < -0.3 is 20.0 Å². The highest BCUT2D eigenvalue weighted by Gasteiger charge is 2.23. The largest absolute Gasteiger partial charge is 0.496 e. The van der Waals surface area contributed by atoms with Crippen LogP contribution in [0.15, 0.2) is 30.8 Å². The van der Waals surface area contributed by atoms with E-state index in [1.807, 2.05) is 19.8 Å². The van der Waals surface area contributed by atoms with Gasteiger partial charge in [-0.2, -0.15) is 0 Å². The lowest BCUT2D eigenvalue weighted by Crippen LogP contribution is -2.27. The minimum Gasteiger partial charge on any atom is -0.496 e. The van der Waals surface area contributed by atoms with Gasteiger partial charge >= 0.3 is 5.97 Å². The molecule has 1 aliphatic carbocycles. The molecule has 0 radical (unpaired) electrons. The molecule has 2 aromatic rings. The molecule has 1 aliphatic rings. The van der Waals surface area contributed by atoms with Gasteiger partial charge in [0, 0.05) is 17.7 Å². The molecule has 1 heterocycles. The van der Waals surface area contributed by atoms with Crippen molar-refractivity contribution in [2.45, 2.75) is 19.8 Å². The number of carboxylic acids is 1. The monoisotopic (exact) mass is 396 g/mol. The van der Waals surface area contributed by atoms with Crippen molar-refractivity contribution in [3.63, 3.8) is 0 Å². The Balaban J connectivity index is 0.00000145. The molecule has 7 heteroatoms. The lowest BCUT2D eigenvalue weighted by Gasteiger charge is -2.14. The van der Waals surface area contributed by atoms with Crippen LogP contribution in [0.2, 0.25) is 0 Å². The van der Waals surface area contributed by atoms with Crippen molar-refractivity contribution in [2.75, 3.05) is 13.7 Å². The van der Waals surface area contributed by atoms with E-state index in [0.717, 1.165) is 24.0 Å². The van der Waals surface area contributed by atoms with Crippen LogP contribution in [0.4, 0.5) is 0 Å². The van der Waals surface area contributed by atoms with Gasteiger partial charge in [-0.05, 0) is 61.1 Å². The van der Waals surface area contributed by atoms with E-state index in [4.69, 9.17) is 9.53 Å². The fourth-order valence-electron chi connectivity index (χ4n) is 2.95. The smallest absolute Gasteiger partial charge is 0.355 e. The summed E-state index contributed by atoms with van der Waals surface area (Å²) in [5.41, 5.74) is 2.75. The second kappa shape index (κ2) is 9.64. The number of rotatable bonds is 7. The van der Waals surface area contributed by atoms with Crippen LogP contribution in [0, 0.1) is 12.8 Å². The summed E-state index contributed by atoms with van der Waals surface area (Å²) in [6.07, 6.45) is 3.92. The number of benzene rings is 1. The first kappa shape index (κ1) is 21.8. The third-order valence-corrected chi connectivity index (χ3v) is 4.67. The van der Waals surface area contributed by atoms with Gasteiger partial charge in [0.25, 0.3) is 5.91 Å². The van der Waals surface area contributed by atoms with Crippen molar-refractivity contribution in [1.29, 1.82) is 0 Å². The number of hydrogen-bond acceptors (Lipinski definition) is 5. The Morgan fingerprint density at radius 2 is 1.97 bits per heavy atom. The Hall–Kier alpha value is -3.48. The minimum absolute atomic E-state index is 0.101. The number of carbonyl (C=O) groups excluding carboxylic acids is 2. The third kappa shape index (κ3) is 5.07. The molecule has 1 saturated carbocycles. The summed E-state index contributed by atoms with van der Waals surface area (Å²) in [5, 5.41) is 12.4. The van der Waals surface area contributed by atoms with Crippen molar-refractivity contribution in [2.24, 2.45) is 5.92 Å². The summed E-state index contributed by atoms with van der Waals surface area (Å²) in [5.74, 6) is -0.417. The highest BCUT2D eigenvalue weighted by atomic mass is 16.5. The summed E-state index contributed by atoms with van der Waals surface area (Å²) >= 11 is 0. The van der Waals surface area contributed by atoms with Crippen LogP contribution in [0.5, 0.6) is 5.75 Å². The number of nitrogens with zero attached hydrogens (tertiary/aromatic N) is 1. The summed E-state index contributed by atoms with van der Waals surface area (Å²) in [6, 6.07) is 6.82. The first-order valence-electron chi connectivity index (χ1n) is 9.07. The molecule has 2 N–H and O–H groups in total. The van der Waals surface area contributed by atoms with E-state index >= 15 is 0 Å². The van der Waals surface area contributed by atoms with Gasteiger partial charge in [-0.1, -0.05) is 12.7 Å². The predicted octanol–water partition coefficient (Wildman–Crippen LogP) is 3.36. The second-order valence-corrected chi connectivity index (χ2v) is 6.66. The Kier molecular flexibility index (Phi) is 7.25. The fraction of sp³-hybridized carbons (Fsp3) is 0.273. The SMILES string of the molecule is C=Cc1cc(C)c(-c2ccc(C(=O)NCC3CC3)nc2C(=O)O)cc1OC.C=O. The van der Waals surface area contributed by atoms with Crippen LogP contribution in [0.3, 0.4) is 0 Å². The van der Waals surface area contributed by atoms with Gasteiger partial charge in [-0.3, -0.25) is 4.79 Å². The van der Waals surface area contributed by atoms with Crippen LogP contribution in [0.25, 0.3) is 17.2 Å². The molecule has 152 valence electrons. The Bertz CT molecular complexity index is 935. The zero-order valence-corrected chi connectivity index (χ0v) is 16.5. The molecule has 3 rings (SSSR count). The number of aryl methyl sites for hydroxylation is 1. The molecule has 0 spiro atoms. The zero-order valence-electron chi connectivity index (χ0n) is 16.5. The van der Waals surface area contributed by atoms with Crippen molar-refractivity contribution in [1.82, 2.24) is 10.3 Å². The molecule has 7 nitrogen and oxygen atoms in total. The normalized spacial score (nSPS) is 12.3. The molecule has 0 unspecified atom stereocenters. The number of carboxylic acid groups (broad SMARTS) is 1. The zero-order chi connectivity index (χ0) is 21.6. The van der Waals surface area contributed by atoms with E-state index in [2.05, 4.69) is 16.9 Å². The van der Waals surface area contributed by atoms with Crippen LogP contribution < -0.4 is 10.1 Å². The Morgan fingerprint density at radius 3 is 2.52 bits per heavy atom. The van der Waals surface area contributed by atoms with Crippen LogP contribution >= 0.6 is 0 Å². The molecule has 1 fully saturated rings. The Morgan fingerprint density at radius 1 is 1.28 bits per heavy atom. The van der Waals surface area contributed by atoms with Crippen LogP contribution in [-0.2, 0) is 4.79 Å². The number of aromatic nitrogens is 1. The van der Waals surface area contributed by atoms with E-state index in [1.165, 1.54) is 0 Å². The second-order valence-electron chi connectivity index (χ2n) is 6.66. The minimum atomic E-state index is -1.19. The average Bonchev–Trinajstić information content (AvgIpc) is 3.57. The van der Waals surface area contributed by atoms with E-state index in [0.29, 0.717) is 29.3 Å². The number of carbonyl (C=O) groups is 3. The standard InChI is InChI=1S/C21H22N2O4.CH2O/c1-4-14-9-12(2)16(10-18(14)27-3)15-7-8-17(23-19(15)21(25)26)20(24)22-11-13-5-6-13;1-2/h4,7-10,13H,1,5-6,11H2,2-3H3,(H,22,24)(H,25,26);1H2. The number of pyridine rings is 1. The third-order valence-electron chi connectivity index (χ3n) is 4.67. The number of ether oxygens (including phenoxy) is 1. The van der Waals surface area contributed by atoms with Gasteiger partial charge in [0.2, 0.25) is 0 Å². The maximum absolute atomic E-state index is 12.3. The highest BCUT2D eigenvalue weighted by Crippen LogP contribution is 2.33. The van der Waals surface area contributed by atoms with Crippen molar-refractivity contribution >= 4 is 24.7 Å². The molecule has 1 aromatic carbocycles. The number of aromatic carboxylic acids is 1. The molecule has 0 atom stereocenters. The molecule has 0 aliphatic heterocycles. The molecule has 1 amide bonds. The maximum Gasteiger partial charge on any atom is 0.355 e. The van der Waals surface area contributed by atoms with Gasteiger partial charge in [0.15, 0.2) is 5.69 Å². The number of methoxy groups -OCH3 is 1. The summed E-state index contributed by atoms with van der Waals surface area (Å²) < 4.78 is 5.37. The molecule has 0 saturated heterocycles. The number of amides is 1. The first-order valence-corrected chi connectivity index (χ1v) is 9.07. The Labute approximate surface area is 169 Å². The van der Waals surface area contributed by atoms with Crippen LogP contribution in [0.1, 0.15) is 44.9 Å². The highest BCUT2D eigenvalue weighted by molar-refractivity contribution is 5.98. The quantitative estimate of drug-likeness (QED) is 0.743. The topological polar surface area (TPSA) is 106 Å².